The van der Waals surface area contributed by atoms with E-state index in [9.17, 15) is 13.2 Å². The molecule has 3 nitrogen and oxygen atoms in total. The summed E-state index contributed by atoms with van der Waals surface area (Å²) in [6, 6.07) is 2.36. The number of halogens is 4. The number of pyridine rings is 1. The summed E-state index contributed by atoms with van der Waals surface area (Å²) in [5.74, 6) is -0.508. The van der Waals surface area contributed by atoms with Crippen LogP contribution in [-0.4, -0.2) is 11.3 Å². The van der Waals surface area contributed by atoms with Crippen LogP contribution in [-0.2, 0) is 0 Å². The van der Waals surface area contributed by atoms with Gasteiger partial charge in [0.2, 0.25) is 5.88 Å². The molecule has 0 aliphatic rings. The second kappa shape index (κ2) is 3.56. The monoisotopic (exact) mass is 304 g/mol. The molecule has 0 aromatic carbocycles. The third-order valence-corrected chi connectivity index (χ3v) is 1.94. The highest BCUT2D eigenvalue weighted by molar-refractivity contribution is 14.1. The molecule has 1 aromatic heterocycles. The Hall–Kier alpha value is -0.730. The van der Waals surface area contributed by atoms with Crippen molar-refractivity contribution in [3.8, 4) is 5.88 Å². The van der Waals surface area contributed by atoms with Crippen LogP contribution in [0.1, 0.15) is 0 Å². The van der Waals surface area contributed by atoms with Crippen molar-refractivity contribution in [2.45, 2.75) is 6.36 Å². The van der Waals surface area contributed by atoms with Gasteiger partial charge in [0.25, 0.3) is 0 Å². The van der Waals surface area contributed by atoms with Crippen LogP contribution in [0.2, 0.25) is 0 Å². The summed E-state index contributed by atoms with van der Waals surface area (Å²) in [4.78, 5) is 3.48. The van der Waals surface area contributed by atoms with Crippen molar-refractivity contribution < 1.29 is 17.9 Å². The van der Waals surface area contributed by atoms with Gasteiger partial charge in [-0.2, -0.15) is 0 Å². The van der Waals surface area contributed by atoms with Crippen molar-refractivity contribution in [2.75, 3.05) is 5.73 Å². The molecule has 0 saturated carbocycles. The highest BCUT2D eigenvalue weighted by Crippen LogP contribution is 2.23. The van der Waals surface area contributed by atoms with Gasteiger partial charge in [-0.15, -0.1) is 13.2 Å². The number of hydrogen-bond acceptors (Lipinski definition) is 3. The van der Waals surface area contributed by atoms with E-state index in [1.54, 1.807) is 22.6 Å². The molecule has 1 rings (SSSR count). The minimum absolute atomic E-state index is 0.277. The second-order valence-corrected chi connectivity index (χ2v) is 3.10. The van der Waals surface area contributed by atoms with Crippen molar-refractivity contribution in [1.82, 2.24) is 4.98 Å². The Morgan fingerprint density at radius 3 is 2.46 bits per heavy atom. The van der Waals surface area contributed by atoms with Crippen molar-refractivity contribution >= 4 is 28.3 Å². The number of nitrogen functional groups attached to an aromatic ring is 1. The summed E-state index contributed by atoms with van der Waals surface area (Å²) < 4.78 is 38.9. The van der Waals surface area contributed by atoms with Gasteiger partial charge in [-0.25, -0.2) is 4.98 Å². The maximum atomic E-state index is 11.7. The smallest absolute Gasteiger partial charge is 0.397 e. The van der Waals surface area contributed by atoms with Crippen LogP contribution in [0.3, 0.4) is 0 Å². The molecule has 0 radical (unpaired) electrons. The molecule has 0 spiro atoms. The molecule has 0 unspecified atom stereocenters. The SMILES string of the molecule is Nc1ccc(OC(F)(F)F)nc1I. The quantitative estimate of drug-likeness (QED) is 0.639. The molecule has 0 bridgehead atoms. The molecule has 1 aromatic rings. The number of ether oxygens (including phenoxy) is 1. The zero-order chi connectivity index (χ0) is 10.1. The van der Waals surface area contributed by atoms with Gasteiger partial charge in [-0.1, -0.05) is 0 Å². The number of nitrogens with two attached hydrogens (primary N) is 1. The summed E-state index contributed by atoms with van der Waals surface area (Å²) in [7, 11) is 0. The molecule has 2 N–H and O–H groups in total. The van der Waals surface area contributed by atoms with Gasteiger partial charge in [0.15, 0.2) is 0 Å². The number of hydrogen-bond donors (Lipinski definition) is 1. The molecule has 7 heteroatoms. The van der Waals surface area contributed by atoms with E-state index < -0.39 is 12.2 Å². The first kappa shape index (κ1) is 10.4. The molecule has 0 amide bonds. The zero-order valence-corrected chi connectivity index (χ0v) is 8.26. The number of aromatic nitrogens is 1. The lowest BCUT2D eigenvalue weighted by Crippen LogP contribution is -2.18. The molecule has 13 heavy (non-hydrogen) atoms. The summed E-state index contributed by atoms with van der Waals surface area (Å²) in [6.07, 6.45) is -4.72. The van der Waals surface area contributed by atoms with Crippen molar-refractivity contribution in [3.63, 3.8) is 0 Å². The Morgan fingerprint density at radius 2 is 2.00 bits per heavy atom. The molecule has 0 saturated heterocycles. The average Bonchev–Trinajstić information content (AvgIpc) is 1.94. The molecule has 1 heterocycles. The first-order valence-corrected chi connectivity index (χ1v) is 4.14. The van der Waals surface area contributed by atoms with Gasteiger partial charge >= 0.3 is 6.36 Å². The summed E-state index contributed by atoms with van der Waals surface area (Å²) >= 11 is 1.72. The summed E-state index contributed by atoms with van der Waals surface area (Å²) in [5.41, 5.74) is 5.66. The van der Waals surface area contributed by atoms with E-state index in [-0.39, 0.29) is 3.70 Å². The molecule has 0 aliphatic heterocycles. The highest BCUT2D eigenvalue weighted by Gasteiger charge is 2.31. The predicted molar refractivity (Wildman–Crippen MR) is 48.0 cm³/mol. The number of anilines is 1. The number of rotatable bonds is 1. The van der Waals surface area contributed by atoms with E-state index in [0.717, 1.165) is 6.07 Å². The van der Waals surface area contributed by atoms with Crippen LogP contribution >= 0.6 is 22.6 Å². The molecule has 0 aliphatic carbocycles. The van der Waals surface area contributed by atoms with Gasteiger partial charge < -0.3 is 10.5 Å². The lowest BCUT2D eigenvalue weighted by atomic mass is 10.4. The van der Waals surface area contributed by atoms with Gasteiger partial charge in [0.1, 0.15) is 3.70 Å². The van der Waals surface area contributed by atoms with Gasteiger partial charge in [0.05, 0.1) is 5.69 Å². The largest absolute Gasteiger partial charge is 0.574 e. The minimum Gasteiger partial charge on any atom is -0.397 e. The van der Waals surface area contributed by atoms with E-state index in [0.29, 0.717) is 5.69 Å². The molecular weight excluding hydrogens is 300 g/mol. The topological polar surface area (TPSA) is 48.1 Å². The summed E-state index contributed by atoms with van der Waals surface area (Å²) in [5, 5.41) is 0. The first-order chi connectivity index (χ1) is 5.88. The molecule has 72 valence electrons. The van der Waals surface area contributed by atoms with Crippen molar-refractivity contribution in [2.24, 2.45) is 0 Å². The fourth-order valence-electron chi connectivity index (χ4n) is 0.604. The van der Waals surface area contributed by atoms with Crippen LogP contribution in [0, 0.1) is 3.70 Å². The highest BCUT2D eigenvalue weighted by atomic mass is 127. The third kappa shape index (κ3) is 3.25. The Bertz CT molecular complexity index is 315. The lowest BCUT2D eigenvalue weighted by molar-refractivity contribution is -0.276. The standard InChI is InChI=1S/C6H4F3IN2O/c7-6(8,9)13-4-2-1-3(11)5(10)12-4/h1-2H,11H2. The maximum Gasteiger partial charge on any atom is 0.574 e. The van der Waals surface area contributed by atoms with Crippen LogP contribution in [0.25, 0.3) is 0 Å². The van der Waals surface area contributed by atoms with Crippen LogP contribution in [0.4, 0.5) is 18.9 Å². The molecule has 0 fully saturated rings. The summed E-state index contributed by atoms with van der Waals surface area (Å²) in [6.45, 7) is 0. The Kier molecular flexibility index (Phi) is 2.84. The van der Waals surface area contributed by atoms with E-state index in [1.807, 2.05) is 0 Å². The maximum absolute atomic E-state index is 11.7. The zero-order valence-electron chi connectivity index (χ0n) is 6.10. The second-order valence-electron chi connectivity index (χ2n) is 2.08. The first-order valence-electron chi connectivity index (χ1n) is 3.06. The van der Waals surface area contributed by atoms with Gasteiger partial charge in [-0.05, 0) is 28.7 Å². The average molecular weight is 304 g/mol. The van der Waals surface area contributed by atoms with Crippen LogP contribution in [0.5, 0.6) is 5.88 Å². The van der Waals surface area contributed by atoms with E-state index in [1.165, 1.54) is 6.07 Å². The van der Waals surface area contributed by atoms with Crippen molar-refractivity contribution in [1.29, 1.82) is 0 Å². The number of nitrogens with zero attached hydrogens (tertiary/aromatic N) is 1. The Balaban J connectivity index is 2.86. The van der Waals surface area contributed by atoms with E-state index in [4.69, 9.17) is 5.73 Å². The van der Waals surface area contributed by atoms with E-state index in [2.05, 4.69) is 9.72 Å². The molecular formula is C6H4F3IN2O. The van der Waals surface area contributed by atoms with Crippen molar-refractivity contribution in [3.05, 3.63) is 15.8 Å². The van der Waals surface area contributed by atoms with Gasteiger partial charge in [-0.3, -0.25) is 0 Å². The predicted octanol–water partition coefficient (Wildman–Crippen LogP) is 2.17. The van der Waals surface area contributed by atoms with Crippen LogP contribution in [0.15, 0.2) is 12.1 Å². The minimum atomic E-state index is -4.72. The molecule has 0 atom stereocenters. The Labute approximate surface area is 85.2 Å². The van der Waals surface area contributed by atoms with Crippen LogP contribution < -0.4 is 10.5 Å². The lowest BCUT2D eigenvalue weighted by Gasteiger charge is -2.08. The van der Waals surface area contributed by atoms with E-state index >= 15 is 0 Å². The normalized spacial score (nSPS) is 11.4. The Morgan fingerprint density at radius 1 is 1.38 bits per heavy atom. The third-order valence-electron chi connectivity index (χ3n) is 1.07. The van der Waals surface area contributed by atoms with Gasteiger partial charge in [0, 0.05) is 6.07 Å². The fraction of sp³-hybridized carbons (Fsp3) is 0.167. The number of alkyl halides is 3. The fourth-order valence-corrected chi connectivity index (χ4v) is 1.02.